The van der Waals surface area contributed by atoms with E-state index >= 15 is 0 Å². The van der Waals surface area contributed by atoms with E-state index in [4.69, 9.17) is 37.4 Å². The van der Waals surface area contributed by atoms with E-state index in [1.165, 1.54) is 0 Å². The molecule has 0 radical (unpaired) electrons. The summed E-state index contributed by atoms with van der Waals surface area (Å²) in [5.74, 6) is -1.32. The first kappa shape index (κ1) is 20.1. The first-order chi connectivity index (χ1) is 14.4. The van der Waals surface area contributed by atoms with Crippen LogP contribution in [0, 0.1) is 5.92 Å². The molecule has 4 bridgehead atoms. The second-order valence-electron chi connectivity index (χ2n) is 8.15. The molecule has 3 fully saturated rings. The number of hydrogen-bond donors (Lipinski definition) is 0. The van der Waals surface area contributed by atoms with Gasteiger partial charge in [-0.1, -0.05) is 35.3 Å². The third-order valence-electron chi connectivity index (χ3n) is 6.75. The number of piperidine rings is 1. The molecule has 0 aromatic heterocycles. The van der Waals surface area contributed by atoms with Crippen molar-refractivity contribution in [2.24, 2.45) is 5.92 Å². The van der Waals surface area contributed by atoms with Gasteiger partial charge in [-0.15, -0.1) is 6.58 Å². The van der Waals surface area contributed by atoms with Gasteiger partial charge in [-0.05, 0) is 24.1 Å². The molecule has 0 saturated carbocycles. The minimum atomic E-state index is -1.03. The van der Waals surface area contributed by atoms with Gasteiger partial charge in [-0.25, -0.2) is 9.59 Å². The predicted octanol–water partition coefficient (Wildman–Crippen LogP) is 3.48. The van der Waals surface area contributed by atoms with Crippen LogP contribution < -0.4 is 0 Å². The average Bonchev–Trinajstić information content (AvgIpc) is 3.17. The number of esters is 2. The lowest BCUT2D eigenvalue weighted by Gasteiger charge is -2.50. The Balaban J connectivity index is 1.66. The standard InChI is InChI=1S/C22H21Cl2NO5/c1-2-9-28-16-11-25-15-7-8-22(25)21(29-17(26)5-6-18(27)30-22)19(20(15)16)12-3-4-13(23)14(24)10-12/h2-6,10,15-16,19-21H,1,7-9,11H2/b6-5+/t15-,16?,19-,20+,21?,22+/m1/s1. The average molecular weight is 450 g/mol. The Labute approximate surface area is 184 Å². The van der Waals surface area contributed by atoms with Gasteiger partial charge in [0.1, 0.15) is 0 Å². The van der Waals surface area contributed by atoms with E-state index < -0.39 is 23.8 Å². The molecule has 0 aliphatic carbocycles. The number of rotatable bonds is 4. The third-order valence-corrected chi connectivity index (χ3v) is 7.49. The van der Waals surface area contributed by atoms with E-state index in [0.717, 1.165) is 24.1 Å². The molecule has 4 aliphatic rings. The smallest absolute Gasteiger partial charge is 0.332 e. The molecule has 0 amide bonds. The largest absolute Gasteiger partial charge is 0.453 e. The van der Waals surface area contributed by atoms with Crippen molar-refractivity contribution >= 4 is 35.1 Å². The van der Waals surface area contributed by atoms with Gasteiger partial charge in [-0.2, -0.15) is 0 Å². The van der Waals surface area contributed by atoms with Crippen LogP contribution in [-0.2, 0) is 23.8 Å². The van der Waals surface area contributed by atoms with Crippen molar-refractivity contribution in [3.05, 3.63) is 58.6 Å². The summed E-state index contributed by atoms with van der Waals surface area (Å²) in [6.45, 7) is 4.75. The minimum absolute atomic E-state index is 0.0396. The van der Waals surface area contributed by atoms with Crippen LogP contribution in [0.3, 0.4) is 0 Å². The summed E-state index contributed by atoms with van der Waals surface area (Å²) in [7, 11) is 0. The van der Waals surface area contributed by atoms with E-state index in [0.29, 0.717) is 29.6 Å². The molecule has 1 aromatic carbocycles. The summed E-state index contributed by atoms with van der Waals surface area (Å²) in [6.07, 6.45) is 4.57. The highest BCUT2D eigenvalue weighted by molar-refractivity contribution is 6.42. The fourth-order valence-corrected chi connectivity index (χ4v) is 6.07. The zero-order valence-corrected chi connectivity index (χ0v) is 17.6. The van der Waals surface area contributed by atoms with Crippen molar-refractivity contribution < 1.29 is 23.8 Å². The van der Waals surface area contributed by atoms with Crippen molar-refractivity contribution in [1.82, 2.24) is 4.90 Å². The molecule has 3 unspecified atom stereocenters. The highest BCUT2D eigenvalue weighted by Crippen LogP contribution is 2.59. The van der Waals surface area contributed by atoms with E-state index in [1.54, 1.807) is 12.1 Å². The van der Waals surface area contributed by atoms with E-state index in [1.807, 2.05) is 12.1 Å². The highest BCUT2D eigenvalue weighted by atomic mass is 35.5. The number of carbonyl (C=O) groups excluding carboxylic acids is 2. The van der Waals surface area contributed by atoms with Gasteiger partial charge in [0, 0.05) is 43.0 Å². The molecule has 1 spiro atoms. The maximum Gasteiger partial charge on any atom is 0.332 e. The zero-order valence-electron chi connectivity index (χ0n) is 16.1. The van der Waals surface area contributed by atoms with Crippen LogP contribution in [0.2, 0.25) is 10.0 Å². The van der Waals surface area contributed by atoms with E-state index in [2.05, 4.69) is 11.5 Å². The molecule has 4 heterocycles. The fourth-order valence-electron chi connectivity index (χ4n) is 5.76. The van der Waals surface area contributed by atoms with E-state index in [-0.39, 0.29) is 24.0 Å². The minimum Gasteiger partial charge on any atom is -0.453 e. The second-order valence-corrected chi connectivity index (χ2v) is 8.97. The summed E-state index contributed by atoms with van der Waals surface area (Å²) < 4.78 is 18.1. The summed E-state index contributed by atoms with van der Waals surface area (Å²) in [6, 6.07) is 5.59. The van der Waals surface area contributed by atoms with Crippen LogP contribution in [0.4, 0.5) is 0 Å². The molecule has 1 aromatic rings. The van der Waals surface area contributed by atoms with Gasteiger partial charge in [-0.3, -0.25) is 4.90 Å². The lowest BCUT2D eigenvalue weighted by molar-refractivity contribution is -0.227. The summed E-state index contributed by atoms with van der Waals surface area (Å²) in [5.41, 5.74) is -0.139. The maximum absolute atomic E-state index is 12.5. The van der Waals surface area contributed by atoms with Gasteiger partial charge in [0.25, 0.3) is 0 Å². The first-order valence-corrected chi connectivity index (χ1v) is 10.8. The summed E-state index contributed by atoms with van der Waals surface area (Å²) in [5, 5.41) is 0.874. The molecule has 8 heteroatoms. The lowest BCUT2D eigenvalue weighted by Crippen LogP contribution is -2.63. The molecule has 0 N–H and O–H groups in total. The molecule has 30 heavy (non-hydrogen) atoms. The Hall–Kier alpha value is -1.86. The van der Waals surface area contributed by atoms with Gasteiger partial charge >= 0.3 is 11.9 Å². The molecule has 7 atom stereocenters. The number of ether oxygens (including phenoxy) is 3. The Kier molecular flexibility index (Phi) is 4.93. The molecule has 158 valence electrons. The monoisotopic (exact) mass is 449 g/mol. The Bertz CT molecular complexity index is 949. The molecule has 5 rings (SSSR count). The molecular weight excluding hydrogens is 429 g/mol. The van der Waals surface area contributed by atoms with Crippen molar-refractivity contribution in [2.45, 2.75) is 42.7 Å². The number of carbonyl (C=O) groups is 2. The Morgan fingerprint density at radius 1 is 1.23 bits per heavy atom. The summed E-state index contributed by atoms with van der Waals surface area (Å²) in [4.78, 5) is 27.1. The van der Waals surface area contributed by atoms with Crippen LogP contribution in [0.5, 0.6) is 0 Å². The van der Waals surface area contributed by atoms with Gasteiger partial charge in [0.2, 0.25) is 5.72 Å². The number of benzene rings is 1. The number of halogens is 2. The lowest BCUT2D eigenvalue weighted by atomic mass is 9.74. The van der Waals surface area contributed by atoms with Gasteiger partial charge < -0.3 is 14.2 Å². The number of hydrogen-bond acceptors (Lipinski definition) is 6. The van der Waals surface area contributed by atoms with Crippen LogP contribution in [0.15, 0.2) is 43.0 Å². The first-order valence-electron chi connectivity index (χ1n) is 10.0. The fraction of sp³-hybridized carbons (Fsp3) is 0.455. The molecule has 6 nitrogen and oxygen atoms in total. The van der Waals surface area contributed by atoms with Crippen LogP contribution >= 0.6 is 23.2 Å². The van der Waals surface area contributed by atoms with Crippen molar-refractivity contribution in [2.75, 3.05) is 13.2 Å². The van der Waals surface area contributed by atoms with Crippen LogP contribution in [0.25, 0.3) is 0 Å². The third kappa shape index (κ3) is 2.93. The van der Waals surface area contributed by atoms with Crippen molar-refractivity contribution in [1.29, 1.82) is 0 Å². The van der Waals surface area contributed by atoms with Gasteiger partial charge in [0.05, 0.1) is 22.8 Å². The van der Waals surface area contributed by atoms with Crippen molar-refractivity contribution in [3.63, 3.8) is 0 Å². The molecular formula is C22H21Cl2NO5. The van der Waals surface area contributed by atoms with Crippen molar-refractivity contribution in [3.8, 4) is 0 Å². The predicted molar refractivity (Wildman–Crippen MR) is 110 cm³/mol. The second kappa shape index (κ2) is 7.38. The Morgan fingerprint density at radius 3 is 2.80 bits per heavy atom. The highest BCUT2D eigenvalue weighted by Gasteiger charge is 2.71. The quantitative estimate of drug-likeness (QED) is 0.517. The van der Waals surface area contributed by atoms with Crippen LogP contribution in [0.1, 0.15) is 24.3 Å². The van der Waals surface area contributed by atoms with Crippen LogP contribution in [-0.4, -0.2) is 54.0 Å². The molecule has 4 aliphatic heterocycles. The normalized spacial score (nSPS) is 40.1. The maximum atomic E-state index is 12.5. The number of nitrogens with zero attached hydrogens (tertiary/aromatic N) is 1. The van der Waals surface area contributed by atoms with Gasteiger partial charge in [0.15, 0.2) is 6.10 Å². The molecule has 3 saturated heterocycles. The zero-order chi connectivity index (χ0) is 21.0. The Morgan fingerprint density at radius 2 is 2.03 bits per heavy atom. The topological polar surface area (TPSA) is 65.1 Å². The summed E-state index contributed by atoms with van der Waals surface area (Å²) >= 11 is 12.5. The van der Waals surface area contributed by atoms with E-state index in [9.17, 15) is 9.59 Å². The SMILES string of the molecule is C=CCOC1CN2[C@@H]3CC[C@@]24OC(=O)/C=C/C(=O)OC4[C@H](c2ccc(Cl)c(Cl)c2)[C@H]13.